The Kier molecular flexibility index (Phi) is 20.7. The first-order chi connectivity index (χ1) is 20.3. The number of halogens is 3. The second-order valence-electron chi connectivity index (χ2n) is 11.7. The molecule has 2 aliphatic rings. The predicted octanol–water partition coefficient (Wildman–Crippen LogP) is 7.79. The van der Waals surface area contributed by atoms with Crippen molar-refractivity contribution in [1.29, 1.82) is 0 Å². The van der Waals surface area contributed by atoms with Crippen molar-refractivity contribution >= 4 is 47.7 Å². The maximum absolute atomic E-state index is 12.4. The first-order valence-corrected chi connectivity index (χ1v) is 15.5. The molecule has 4 rings (SSSR count). The quantitative estimate of drug-likeness (QED) is 0.297. The molecule has 2 fully saturated rings. The number of esters is 1. The molecule has 45 heavy (non-hydrogen) atoms. The number of likely N-dealkylation sites (tertiary alicyclic amines) is 1. The zero-order valence-electron chi connectivity index (χ0n) is 26.9. The highest BCUT2D eigenvalue weighted by atomic mass is 35.5. The van der Waals surface area contributed by atoms with Crippen LogP contribution in [-0.2, 0) is 36.6 Å². The third-order valence-corrected chi connectivity index (χ3v) is 7.48. The number of benzene rings is 2. The summed E-state index contributed by atoms with van der Waals surface area (Å²) in [6.07, 6.45) is 3.91. The zero-order chi connectivity index (χ0) is 32.0. The molecule has 0 unspecified atom stereocenters. The molecule has 256 valence electrons. The fraction of sp³-hybridized carbons (Fsp3) is 0.588. The van der Waals surface area contributed by atoms with Gasteiger partial charge in [-0.25, -0.2) is 4.79 Å². The lowest BCUT2D eigenvalue weighted by Crippen LogP contribution is -2.41. The SMILES string of the molecule is C.CCOC(C)=O.CO[C@@H]1CN[C@@H](Cc2ccc(Cl)cc2)C1.CO[C@H]1C[C@H](Cc2ccc(Cl)cc2)N(C(=O)OC(C)(C)C)C1.Cl. The monoisotopic (exact) mass is 690 g/mol. The average Bonchev–Trinajstić information content (AvgIpc) is 3.58. The summed E-state index contributed by atoms with van der Waals surface area (Å²) in [7, 11) is 3.46. The number of ether oxygens (including phenoxy) is 4. The first kappa shape index (κ1) is 42.9. The minimum absolute atomic E-state index is 0. The van der Waals surface area contributed by atoms with Crippen molar-refractivity contribution < 1.29 is 28.5 Å². The van der Waals surface area contributed by atoms with Gasteiger partial charge in [0.25, 0.3) is 0 Å². The van der Waals surface area contributed by atoms with Crippen LogP contribution in [0.3, 0.4) is 0 Å². The van der Waals surface area contributed by atoms with E-state index < -0.39 is 5.60 Å². The van der Waals surface area contributed by atoms with Crippen LogP contribution < -0.4 is 5.32 Å². The van der Waals surface area contributed by atoms with Gasteiger partial charge in [-0.3, -0.25) is 4.79 Å². The van der Waals surface area contributed by atoms with E-state index in [-0.39, 0.29) is 44.0 Å². The van der Waals surface area contributed by atoms with Crippen LogP contribution in [0.25, 0.3) is 0 Å². The molecule has 2 aromatic rings. The molecular weight excluding hydrogens is 639 g/mol. The van der Waals surface area contributed by atoms with Crippen molar-refractivity contribution in [2.45, 2.75) is 97.6 Å². The fourth-order valence-corrected chi connectivity index (χ4v) is 5.15. The van der Waals surface area contributed by atoms with Gasteiger partial charge in [-0.2, -0.15) is 0 Å². The third-order valence-electron chi connectivity index (χ3n) is 6.98. The lowest BCUT2D eigenvalue weighted by molar-refractivity contribution is -0.140. The number of methoxy groups -OCH3 is 2. The van der Waals surface area contributed by atoms with Gasteiger partial charge < -0.3 is 29.2 Å². The lowest BCUT2D eigenvalue weighted by atomic mass is 10.0. The van der Waals surface area contributed by atoms with Crippen LogP contribution >= 0.6 is 35.6 Å². The second kappa shape index (κ2) is 21.7. The molecule has 0 aromatic heterocycles. The minimum Gasteiger partial charge on any atom is -0.466 e. The summed E-state index contributed by atoms with van der Waals surface area (Å²) >= 11 is 11.8. The van der Waals surface area contributed by atoms with Gasteiger partial charge in [0, 0.05) is 49.8 Å². The topological polar surface area (TPSA) is 86.3 Å². The Bertz CT molecular complexity index is 1110. The van der Waals surface area contributed by atoms with Crippen molar-refractivity contribution in [2.75, 3.05) is 33.9 Å². The number of hydrogen-bond acceptors (Lipinski definition) is 7. The van der Waals surface area contributed by atoms with Gasteiger partial charge in [-0.1, -0.05) is 54.9 Å². The van der Waals surface area contributed by atoms with Crippen molar-refractivity contribution in [3.8, 4) is 0 Å². The van der Waals surface area contributed by atoms with Crippen LogP contribution in [0.15, 0.2) is 48.5 Å². The summed E-state index contributed by atoms with van der Waals surface area (Å²) in [6, 6.07) is 16.4. The molecule has 4 atom stereocenters. The van der Waals surface area contributed by atoms with Gasteiger partial charge in [0.2, 0.25) is 0 Å². The van der Waals surface area contributed by atoms with E-state index in [0.717, 1.165) is 42.8 Å². The molecule has 2 saturated heterocycles. The second-order valence-corrected chi connectivity index (χ2v) is 12.5. The van der Waals surface area contributed by atoms with E-state index in [1.165, 1.54) is 12.5 Å². The fourth-order valence-electron chi connectivity index (χ4n) is 4.90. The molecule has 0 aliphatic carbocycles. The Morgan fingerprint density at radius 1 is 0.889 bits per heavy atom. The van der Waals surface area contributed by atoms with E-state index >= 15 is 0 Å². The number of hydrogen-bond donors (Lipinski definition) is 1. The molecule has 0 spiro atoms. The minimum atomic E-state index is -0.493. The molecule has 11 heteroatoms. The summed E-state index contributed by atoms with van der Waals surface area (Å²) in [5.41, 5.74) is 1.99. The van der Waals surface area contributed by atoms with Crippen molar-refractivity contribution in [3.05, 3.63) is 69.7 Å². The van der Waals surface area contributed by atoms with Gasteiger partial charge in [-0.15, -0.1) is 12.4 Å². The van der Waals surface area contributed by atoms with Crippen molar-refractivity contribution in [1.82, 2.24) is 10.2 Å². The Balaban J connectivity index is 0.000000731. The molecule has 2 aliphatic heterocycles. The number of nitrogens with one attached hydrogen (secondary N) is 1. The van der Waals surface area contributed by atoms with Crippen LogP contribution in [0.4, 0.5) is 4.79 Å². The van der Waals surface area contributed by atoms with Gasteiger partial charge in [0.05, 0.1) is 25.4 Å². The van der Waals surface area contributed by atoms with Crippen LogP contribution in [0, 0.1) is 0 Å². The molecule has 0 bridgehead atoms. The van der Waals surface area contributed by atoms with Gasteiger partial charge in [-0.05, 0) is 88.8 Å². The Morgan fingerprint density at radius 3 is 1.80 bits per heavy atom. The maximum Gasteiger partial charge on any atom is 0.410 e. The molecule has 0 radical (unpaired) electrons. The summed E-state index contributed by atoms with van der Waals surface area (Å²) in [4.78, 5) is 24.0. The van der Waals surface area contributed by atoms with E-state index in [2.05, 4.69) is 22.2 Å². The van der Waals surface area contributed by atoms with Crippen LogP contribution in [0.1, 0.15) is 66.0 Å². The lowest BCUT2D eigenvalue weighted by Gasteiger charge is -2.28. The highest BCUT2D eigenvalue weighted by Crippen LogP contribution is 2.26. The summed E-state index contributed by atoms with van der Waals surface area (Å²) in [5, 5.41) is 4.98. The van der Waals surface area contributed by atoms with Crippen LogP contribution in [0.5, 0.6) is 0 Å². The molecule has 0 saturated carbocycles. The predicted molar refractivity (Wildman–Crippen MR) is 186 cm³/mol. The smallest absolute Gasteiger partial charge is 0.410 e. The Morgan fingerprint density at radius 2 is 1.40 bits per heavy atom. The molecule has 2 heterocycles. The highest BCUT2D eigenvalue weighted by molar-refractivity contribution is 6.30. The molecule has 1 N–H and O–H groups in total. The molecule has 1 amide bonds. The largest absolute Gasteiger partial charge is 0.466 e. The van der Waals surface area contributed by atoms with Crippen LogP contribution in [-0.4, -0.2) is 80.8 Å². The number of nitrogens with zero attached hydrogens (tertiary/aromatic N) is 1. The van der Waals surface area contributed by atoms with E-state index in [4.69, 9.17) is 37.4 Å². The van der Waals surface area contributed by atoms with Gasteiger partial charge in [0.1, 0.15) is 5.60 Å². The number of rotatable bonds is 7. The van der Waals surface area contributed by atoms with E-state index in [1.807, 2.05) is 57.2 Å². The average molecular weight is 692 g/mol. The highest BCUT2D eigenvalue weighted by Gasteiger charge is 2.37. The normalized spacial score (nSPS) is 20.3. The third kappa shape index (κ3) is 16.9. The molecule has 2 aromatic carbocycles. The molecule has 8 nitrogen and oxygen atoms in total. The summed E-state index contributed by atoms with van der Waals surface area (Å²) < 4.78 is 20.7. The first-order valence-electron chi connectivity index (χ1n) is 14.7. The Hall–Kier alpha value is -2.07. The van der Waals surface area contributed by atoms with E-state index in [9.17, 15) is 9.59 Å². The number of amides is 1. The number of carbonyl (C=O) groups is 2. The standard InChI is InChI=1S/C17H24ClNO3.C12H16ClNO.C4H8O2.CH4.ClH/c1-17(2,3)22-16(20)19-11-15(21-4)10-14(19)9-12-5-7-13(18)8-6-12;1-15-12-7-11(14-8-12)6-9-2-4-10(13)5-3-9;1-3-6-4(2)5;;/h5-8,14-15H,9-11H2,1-4H3;2-5,11-12,14H,6-8H2,1H3;3H2,1-2H3;1H4;1H/t14-,15-;11-,12-;;;/m00.../s1. The van der Waals surface area contributed by atoms with Gasteiger partial charge in [0.15, 0.2) is 0 Å². The van der Waals surface area contributed by atoms with Crippen molar-refractivity contribution in [2.24, 2.45) is 0 Å². The van der Waals surface area contributed by atoms with E-state index in [0.29, 0.717) is 30.3 Å². The summed E-state index contributed by atoms with van der Waals surface area (Å²) in [5.74, 6) is -0.211. The number of carbonyl (C=O) groups excluding carboxylic acids is 2. The van der Waals surface area contributed by atoms with E-state index in [1.54, 1.807) is 26.0 Å². The molecular formula is C34H53Cl3N2O6. The Labute approximate surface area is 286 Å². The maximum atomic E-state index is 12.4. The van der Waals surface area contributed by atoms with Crippen LogP contribution in [0.2, 0.25) is 10.0 Å². The zero-order valence-corrected chi connectivity index (χ0v) is 29.3. The van der Waals surface area contributed by atoms with Gasteiger partial charge >= 0.3 is 12.1 Å². The van der Waals surface area contributed by atoms with Crippen molar-refractivity contribution in [3.63, 3.8) is 0 Å². The summed E-state index contributed by atoms with van der Waals surface area (Å²) in [6.45, 7) is 10.8.